The highest BCUT2D eigenvalue weighted by molar-refractivity contribution is 4.74. The molecule has 0 unspecified atom stereocenters. The highest BCUT2D eigenvalue weighted by Gasteiger charge is 2.20. The van der Waals surface area contributed by atoms with Crippen LogP contribution >= 0.6 is 0 Å². The number of ether oxygens (including phenoxy) is 1. The van der Waals surface area contributed by atoms with E-state index in [1.165, 1.54) is 25.9 Å². The van der Waals surface area contributed by atoms with E-state index in [0.717, 1.165) is 38.1 Å². The molecule has 1 aliphatic heterocycles. The summed E-state index contributed by atoms with van der Waals surface area (Å²) in [5.74, 6) is 1.51. The summed E-state index contributed by atoms with van der Waals surface area (Å²) in [6.45, 7) is 19.4. The van der Waals surface area contributed by atoms with Gasteiger partial charge in [-0.2, -0.15) is 0 Å². The number of nitrogens with zero attached hydrogens (tertiary/aromatic N) is 1. The van der Waals surface area contributed by atoms with Gasteiger partial charge in [0.1, 0.15) is 0 Å². The van der Waals surface area contributed by atoms with Gasteiger partial charge in [-0.15, -0.1) is 0 Å². The maximum Gasteiger partial charge on any atom is 0.0591 e. The Labute approximate surface area is 127 Å². The maximum atomic E-state index is 5.77. The van der Waals surface area contributed by atoms with Crippen LogP contribution in [-0.2, 0) is 4.74 Å². The predicted octanol–water partition coefficient (Wildman–Crippen LogP) is 3.40. The van der Waals surface area contributed by atoms with E-state index in [-0.39, 0.29) is 0 Å². The van der Waals surface area contributed by atoms with Crippen molar-refractivity contribution in [1.29, 1.82) is 0 Å². The summed E-state index contributed by atoms with van der Waals surface area (Å²) in [5, 5.41) is 3.41. The molecule has 0 spiro atoms. The molecule has 0 aromatic carbocycles. The van der Waals surface area contributed by atoms with E-state index in [1.807, 2.05) is 13.8 Å². The molecule has 1 saturated heterocycles. The van der Waals surface area contributed by atoms with E-state index in [4.69, 9.17) is 4.74 Å². The Balaban J connectivity index is 0.00000172. The second-order valence-corrected chi connectivity index (χ2v) is 6.25. The van der Waals surface area contributed by atoms with Crippen LogP contribution in [0.25, 0.3) is 0 Å². The van der Waals surface area contributed by atoms with Crippen molar-refractivity contribution in [2.24, 2.45) is 11.8 Å². The second kappa shape index (κ2) is 12.6. The maximum absolute atomic E-state index is 5.77. The van der Waals surface area contributed by atoms with E-state index in [0.29, 0.717) is 6.04 Å². The van der Waals surface area contributed by atoms with Gasteiger partial charge in [-0.25, -0.2) is 0 Å². The second-order valence-electron chi connectivity index (χ2n) is 6.25. The molecule has 0 aromatic heterocycles. The molecule has 3 heteroatoms. The third-order valence-corrected chi connectivity index (χ3v) is 3.71. The number of hydrogen-bond donors (Lipinski definition) is 1. The normalized spacial score (nSPS) is 17.4. The van der Waals surface area contributed by atoms with Crippen molar-refractivity contribution in [3.63, 3.8) is 0 Å². The summed E-state index contributed by atoms with van der Waals surface area (Å²) in [6.07, 6.45) is 2.61. The van der Waals surface area contributed by atoms with Gasteiger partial charge in [-0.05, 0) is 58.2 Å². The van der Waals surface area contributed by atoms with E-state index < -0.39 is 0 Å². The standard InChI is InChI=1S/C15H32N2O.C2H6/c1-13(2)11-16-7-10-18-12-15-5-8-17(9-6-15)14(3)4;1-2/h13-16H,5-12H2,1-4H3;1-2H3. The minimum Gasteiger partial charge on any atom is -0.380 e. The number of hydrogen-bond acceptors (Lipinski definition) is 3. The lowest BCUT2D eigenvalue weighted by atomic mass is 9.97. The SMILES string of the molecule is CC.CC(C)CNCCOCC1CCN(C(C)C)CC1. The molecule has 122 valence electrons. The first-order valence-electron chi connectivity index (χ1n) is 8.62. The van der Waals surface area contributed by atoms with Crippen LogP contribution in [0.5, 0.6) is 0 Å². The summed E-state index contributed by atoms with van der Waals surface area (Å²) < 4.78 is 5.77. The molecule has 1 fully saturated rings. The smallest absolute Gasteiger partial charge is 0.0591 e. The van der Waals surface area contributed by atoms with Crippen molar-refractivity contribution in [3.05, 3.63) is 0 Å². The Hall–Kier alpha value is -0.120. The number of nitrogens with one attached hydrogen (secondary N) is 1. The Bertz CT molecular complexity index is 199. The largest absolute Gasteiger partial charge is 0.380 e. The van der Waals surface area contributed by atoms with Gasteiger partial charge < -0.3 is 15.0 Å². The third kappa shape index (κ3) is 9.73. The Morgan fingerprint density at radius 2 is 1.70 bits per heavy atom. The number of piperidine rings is 1. The van der Waals surface area contributed by atoms with Gasteiger partial charge in [-0.3, -0.25) is 0 Å². The topological polar surface area (TPSA) is 24.5 Å². The molecule has 0 saturated carbocycles. The first kappa shape index (κ1) is 19.9. The molecule has 1 N–H and O–H groups in total. The summed E-state index contributed by atoms with van der Waals surface area (Å²) in [5.41, 5.74) is 0. The van der Waals surface area contributed by atoms with E-state index in [1.54, 1.807) is 0 Å². The summed E-state index contributed by atoms with van der Waals surface area (Å²) in [7, 11) is 0. The first-order valence-corrected chi connectivity index (χ1v) is 8.62. The predicted molar refractivity (Wildman–Crippen MR) is 89.3 cm³/mol. The van der Waals surface area contributed by atoms with Gasteiger partial charge in [-0.1, -0.05) is 27.7 Å². The minimum atomic E-state index is 0.701. The molecule has 3 nitrogen and oxygen atoms in total. The minimum absolute atomic E-state index is 0.701. The van der Waals surface area contributed by atoms with Crippen molar-refractivity contribution in [1.82, 2.24) is 10.2 Å². The average Bonchev–Trinajstić information content (AvgIpc) is 2.45. The Kier molecular flexibility index (Phi) is 12.5. The molecule has 20 heavy (non-hydrogen) atoms. The molecular weight excluding hydrogens is 248 g/mol. The van der Waals surface area contributed by atoms with Crippen LogP contribution in [0.3, 0.4) is 0 Å². The van der Waals surface area contributed by atoms with Crippen LogP contribution in [0.2, 0.25) is 0 Å². The van der Waals surface area contributed by atoms with E-state index in [9.17, 15) is 0 Å². The lowest BCUT2D eigenvalue weighted by molar-refractivity contribution is 0.0608. The zero-order chi connectivity index (χ0) is 15.4. The van der Waals surface area contributed by atoms with Gasteiger partial charge in [0.15, 0.2) is 0 Å². The summed E-state index contributed by atoms with van der Waals surface area (Å²) in [4.78, 5) is 2.57. The molecule has 1 aliphatic rings. The molecule has 1 heterocycles. The van der Waals surface area contributed by atoms with Gasteiger partial charge >= 0.3 is 0 Å². The molecule has 0 aliphatic carbocycles. The molecule has 0 atom stereocenters. The van der Waals surface area contributed by atoms with Gasteiger partial charge in [0, 0.05) is 19.2 Å². The average molecular weight is 287 g/mol. The van der Waals surface area contributed by atoms with Crippen molar-refractivity contribution in [2.45, 2.75) is 60.4 Å². The monoisotopic (exact) mass is 286 g/mol. The molecule has 1 rings (SSSR count). The van der Waals surface area contributed by atoms with Crippen LogP contribution in [0.15, 0.2) is 0 Å². The zero-order valence-electron chi connectivity index (χ0n) is 14.7. The molecule has 0 bridgehead atoms. The summed E-state index contributed by atoms with van der Waals surface area (Å²) >= 11 is 0. The van der Waals surface area contributed by atoms with Crippen LogP contribution in [0.4, 0.5) is 0 Å². The fourth-order valence-corrected chi connectivity index (χ4v) is 2.42. The highest BCUT2D eigenvalue weighted by atomic mass is 16.5. The number of likely N-dealkylation sites (tertiary alicyclic amines) is 1. The fraction of sp³-hybridized carbons (Fsp3) is 1.00. The lowest BCUT2D eigenvalue weighted by Crippen LogP contribution is -2.39. The van der Waals surface area contributed by atoms with E-state index in [2.05, 4.69) is 37.9 Å². The van der Waals surface area contributed by atoms with Crippen molar-refractivity contribution >= 4 is 0 Å². The lowest BCUT2D eigenvalue weighted by Gasteiger charge is -2.34. The van der Waals surface area contributed by atoms with Gasteiger partial charge in [0.25, 0.3) is 0 Å². The van der Waals surface area contributed by atoms with Crippen molar-refractivity contribution in [3.8, 4) is 0 Å². The van der Waals surface area contributed by atoms with Gasteiger partial charge in [0.05, 0.1) is 6.61 Å². The molecule has 0 radical (unpaired) electrons. The third-order valence-electron chi connectivity index (χ3n) is 3.71. The van der Waals surface area contributed by atoms with E-state index >= 15 is 0 Å². The van der Waals surface area contributed by atoms with Crippen molar-refractivity contribution in [2.75, 3.05) is 39.4 Å². The van der Waals surface area contributed by atoms with Crippen LogP contribution < -0.4 is 5.32 Å². The van der Waals surface area contributed by atoms with Crippen LogP contribution in [-0.4, -0.2) is 50.3 Å². The summed E-state index contributed by atoms with van der Waals surface area (Å²) in [6, 6.07) is 0.701. The van der Waals surface area contributed by atoms with Gasteiger partial charge in [0.2, 0.25) is 0 Å². The Morgan fingerprint density at radius 1 is 1.10 bits per heavy atom. The quantitative estimate of drug-likeness (QED) is 0.692. The fourth-order valence-electron chi connectivity index (χ4n) is 2.42. The first-order chi connectivity index (χ1) is 9.59. The van der Waals surface area contributed by atoms with Crippen LogP contribution in [0, 0.1) is 11.8 Å². The van der Waals surface area contributed by atoms with Crippen molar-refractivity contribution < 1.29 is 4.74 Å². The van der Waals surface area contributed by atoms with Crippen LogP contribution in [0.1, 0.15) is 54.4 Å². The molecule has 0 amide bonds. The molecular formula is C17H38N2O. The number of rotatable bonds is 8. The zero-order valence-corrected chi connectivity index (χ0v) is 14.7. The highest BCUT2D eigenvalue weighted by Crippen LogP contribution is 2.18. The molecule has 0 aromatic rings. The Morgan fingerprint density at radius 3 is 2.20 bits per heavy atom.